The molecule has 0 rings (SSSR count). The lowest BCUT2D eigenvalue weighted by atomic mass is 9.74. The summed E-state index contributed by atoms with van der Waals surface area (Å²) in [6.45, 7) is 9.23. The van der Waals surface area contributed by atoms with Crippen molar-refractivity contribution < 1.29 is 49.0 Å². The van der Waals surface area contributed by atoms with Crippen LogP contribution in [0.5, 0.6) is 0 Å². The molecule has 0 bridgehead atoms. The van der Waals surface area contributed by atoms with E-state index in [1.165, 1.54) is 13.8 Å². The molecule has 1 atom stereocenters. The maximum Gasteiger partial charge on any atom is 0.460 e. The lowest BCUT2D eigenvalue weighted by Gasteiger charge is -2.36. The van der Waals surface area contributed by atoms with Crippen LogP contribution in [0, 0.1) is 16.7 Å². The van der Waals surface area contributed by atoms with E-state index in [9.17, 15) is 44.3 Å². The molecule has 30 heavy (non-hydrogen) atoms. The van der Waals surface area contributed by atoms with Crippen LogP contribution in [-0.2, 0) is 9.53 Å². The second kappa shape index (κ2) is 9.14. The van der Waals surface area contributed by atoms with Gasteiger partial charge in [-0.25, -0.2) is 0 Å². The minimum absolute atomic E-state index is 0.389. The Balaban J connectivity index is 5.17. The van der Waals surface area contributed by atoms with Crippen molar-refractivity contribution in [3.63, 3.8) is 0 Å². The van der Waals surface area contributed by atoms with E-state index < -0.39 is 60.7 Å². The third-order valence-corrected chi connectivity index (χ3v) is 5.94. The highest BCUT2D eigenvalue weighted by Crippen LogP contribution is 2.54. The molecule has 0 fully saturated rings. The first-order valence-electron chi connectivity index (χ1n) is 9.48. The van der Waals surface area contributed by atoms with Gasteiger partial charge in [-0.05, 0) is 30.1 Å². The van der Waals surface area contributed by atoms with Gasteiger partial charge in [-0.15, -0.1) is 0 Å². The molecule has 0 spiro atoms. The van der Waals surface area contributed by atoms with Gasteiger partial charge in [0.15, 0.2) is 0 Å². The summed E-state index contributed by atoms with van der Waals surface area (Å²) in [6, 6.07) is 0. The van der Waals surface area contributed by atoms with E-state index in [4.69, 9.17) is 4.74 Å². The van der Waals surface area contributed by atoms with Crippen LogP contribution >= 0.6 is 0 Å². The first-order valence-corrected chi connectivity index (χ1v) is 9.48. The second-order valence-electron chi connectivity index (χ2n) is 8.71. The van der Waals surface area contributed by atoms with Crippen molar-refractivity contribution in [1.82, 2.24) is 0 Å². The zero-order chi connectivity index (χ0) is 24.4. The molecule has 180 valence electrons. The van der Waals surface area contributed by atoms with E-state index in [1.807, 2.05) is 20.8 Å². The van der Waals surface area contributed by atoms with E-state index in [1.54, 1.807) is 6.92 Å². The Morgan fingerprint density at radius 1 is 0.800 bits per heavy atom. The van der Waals surface area contributed by atoms with Crippen LogP contribution in [-0.4, -0.2) is 36.5 Å². The molecule has 0 aliphatic heterocycles. The van der Waals surface area contributed by atoms with Crippen LogP contribution in [0.4, 0.5) is 39.5 Å². The largest absolute Gasteiger partial charge is 0.465 e. The van der Waals surface area contributed by atoms with Crippen molar-refractivity contribution in [2.24, 2.45) is 16.7 Å². The van der Waals surface area contributed by atoms with Crippen LogP contribution in [0.15, 0.2) is 0 Å². The maximum atomic E-state index is 13.7. The fourth-order valence-corrected chi connectivity index (χ4v) is 2.67. The van der Waals surface area contributed by atoms with Crippen LogP contribution < -0.4 is 0 Å². The number of carbonyl (C=O) groups is 1. The van der Waals surface area contributed by atoms with E-state index >= 15 is 0 Å². The van der Waals surface area contributed by atoms with Crippen molar-refractivity contribution in [2.75, 3.05) is 6.61 Å². The molecule has 2 nitrogen and oxygen atoms in total. The van der Waals surface area contributed by atoms with Gasteiger partial charge in [-0.2, -0.15) is 39.5 Å². The Morgan fingerprint density at radius 2 is 1.23 bits per heavy atom. The molecule has 0 saturated carbocycles. The highest BCUT2D eigenvalue weighted by atomic mass is 19.4. The molecule has 0 aromatic carbocycles. The van der Waals surface area contributed by atoms with Crippen molar-refractivity contribution in [3.05, 3.63) is 0 Å². The highest BCUT2D eigenvalue weighted by Gasteiger charge is 2.81. The molecule has 0 amide bonds. The molecule has 1 unspecified atom stereocenters. The van der Waals surface area contributed by atoms with Crippen molar-refractivity contribution in [3.8, 4) is 0 Å². The molecule has 0 aliphatic carbocycles. The number of ether oxygens (including phenoxy) is 1. The molecule has 0 N–H and O–H groups in total. The fourth-order valence-electron chi connectivity index (χ4n) is 2.67. The van der Waals surface area contributed by atoms with Crippen molar-refractivity contribution in [1.29, 1.82) is 0 Å². The summed E-state index contributed by atoms with van der Waals surface area (Å²) in [5, 5.41) is 0. The van der Waals surface area contributed by atoms with Crippen LogP contribution in [0.3, 0.4) is 0 Å². The first-order chi connectivity index (χ1) is 13.1. The average Bonchev–Trinajstić information content (AvgIpc) is 2.62. The predicted molar refractivity (Wildman–Crippen MR) is 92.7 cm³/mol. The van der Waals surface area contributed by atoms with Gasteiger partial charge in [-0.1, -0.05) is 41.5 Å². The first kappa shape index (κ1) is 28.8. The topological polar surface area (TPSA) is 26.3 Å². The molecular weight excluding hydrogens is 431 g/mol. The molecular formula is C19H29F9O2. The van der Waals surface area contributed by atoms with Crippen molar-refractivity contribution >= 4 is 5.97 Å². The molecule has 0 aromatic rings. The Kier molecular flexibility index (Phi) is 8.79. The normalized spacial score (nSPS) is 15.8. The van der Waals surface area contributed by atoms with E-state index in [0.717, 1.165) is 0 Å². The lowest BCUT2D eigenvalue weighted by Crippen LogP contribution is -2.60. The van der Waals surface area contributed by atoms with Gasteiger partial charge in [0.2, 0.25) is 0 Å². The number of alkyl halides is 9. The highest BCUT2D eigenvalue weighted by molar-refractivity contribution is 5.73. The quantitative estimate of drug-likeness (QED) is 0.240. The standard InChI is InChI=1S/C19H29F9O2/c1-7-15(6,8-2)12(3)13(29)30-11-14(4,5)9-10-16(20,21)17(22,23)18(24,25)19(26,27)28/h12H,7-11H2,1-6H3. The minimum atomic E-state index is -6.90. The summed E-state index contributed by atoms with van der Waals surface area (Å²) in [5.41, 5.74) is -1.75. The van der Waals surface area contributed by atoms with Crippen LogP contribution in [0.2, 0.25) is 0 Å². The van der Waals surface area contributed by atoms with Crippen LogP contribution in [0.25, 0.3) is 0 Å². The maximum absolute atomic E-state index is 13.7. The second-order valence-corrected chi connectivity index (χ2v) is 8.71. The summed E-state index contributed by atoms with van der Waals surface area (Å²) in [4.78, 5) is 12.2. The number of hydrogen-bond acceptors (Lipinski definition) is 2. The van der Waals surface area contributed by atoms with Gasteiger partial charge in [0.05, 0.1) is 12.5 Å². The predicted octanol–water partition coefficient (Wildman–Crippen LogP) is 7.27. The summed E-state index contributed by atoms with van der Waals surface area (Å²) in [7, 11) is 0. The number of rotatable bonds is 11. The smallest absolute Gasteiger partial charge is 0.460 e. The Labute approximate surface area is 170 Å². The van der Waals surface area contributed by atoms with E-state index in [2.05, 4.69) is 0 Å². The van der Waals surface area contributed by atoms with Gasteiger partial charge in [-0.3, -0.25) is 4.79 Å². The van der Waals surface area contributed by atoms with E-state index in [0.29, 0.717) is 12.8 Å². The third kappa shape index (κ3) is 5.96. The fraction of sp³-hybridized carbons (Fsp3) is 0.947. The molecule has 11 heteroatoms. The minimum Gasteiger partial charge on any atom is -0.465 e. The molecule has 0 aliphatic rings. The number of carbonyl (C=O) groups excluding carboxylic acids is 1. The summed E-state index contributed by atoms with van der Waals surface area (Å²) >= 11 is 0. The lowest BCUT2D eigenvalue weighted by molar-refractivity contribution is -0.397. The van der Waals surface area contributed by atoms with Crippen molar-refractivity contribution in [2.45, 2.75) is 91.2 Å². The van der Waals surface area contributed by atoms with Gasteiger partial charge in [0, 0.05) is 6.42 Å². The molecule has 0 radical (unpaired) electrons. The van der Waals surface area contributed by atoms with Gasteiger partial charge in [0.1, 0.15) is 0 Å². The Bertz CT molecular complexity index is 579. The van der Waals surface area contributed by atoms with Gasteiger partial charge >= 0.3 is 29.9 Å². The van der Waals surface area contributed by atoms with Gasteiger partial charge in [0.25, 0.3) is 0 Å². The summed E-state index contributed by atoms with van der Waals surface area (Å²) in [5.74, 6) is -20.4. The average molecular weight is 460 g/mol. The van der Waals surface area contributed by atoms with E-state index in [-0.39, 0.29) is 5.41 Å². The third-order valence-electron chi connectivity index (χ3n) is 5.94. The Morgan fingerprint density at radius 3 is 1.60 bits per heavy atom. The summed E-state index contributed by atoms with van der Waals surface area (Å²) in [6.07, 6.45) is -8.38. The zero-order valence-corrected chi connectivity index (χ0v) is 17.8. The summed E-state index contributed by atoms with van der Waals surface area (Å²) < 4.78 is 122. The van der Waals surface area contributed by atoms with Crippen LogP contribution in [0.1, 0.15) is 67.2 Å². The molecule has 0 heterocycles. The number of esters is 1. The monoisotopic (exact) mass is 460 g/mol. The van der Waals surface area contributed by atoms with Gasteiger partial charge < -0.3 is 4.74 Å². The zero-order valence-electron chi connectivity index (χ0n) is 17.8. The molecule has 0 saturated heterocycles. The number of hydrogen-bond donors (Lipinski definition) is 0. The number of halogens is 9. The SMILES string of the molecule is CCC(C)(CC)C(C)C(=O)OCC(C)(C)CCC(F)(F)C(F)(F)C(F)(F)C(F)(F)F. The Hall–Kier alpha value is -1.16. The molecule has 0 aromatic heterocycles.